The molecule has 0 bridgehead atoms. The van der Waals surface area contributed by atoms with Crippen molar-refractivity contribution >= 4 is 17.5 Å². The van der Waals surface area contributed by atoms with Crippen LogP contribution in [0.25, 0.3) is 0 Å². The maximum atomic E-state index is 14.2. The zero-order valence-corrected chi connectivity index (χ0v) is 36.9. The van der Waals surface area contributed by atoms with Gasteiger partial charge in [0.15, 0.2) is 0 Å². The minimum atomic E-state index is -1.57. The van der Waals surface area contributed by atoms with E-state index in [0.29, 0.717) is 41.2 Å². The number of carbonyl (C=O) groups is 1. The molecule has 2 aliphatic carbocycles. The average Bonchev–Trinajstić information content (AvgIpc) is 3.31. The van der Waals surface area contributed by atoms with Gasteiger partial charge in [0.1, 0.15) is 36.6 Å². The summed E-state index contributed by atoms with van der Waals surface area (Å²) in [5, 5.41) is 36.1. The van der Waals surface area contributed by atoms with Gasteiger partial charge >= 0.3 is 6.09 Å². The maximum Gasteiger partial charge on any atom is 0.410 e. The van der Waals surface area contributed by atoms with Gasteiger partial charge in [0.05, 0.1) is 36.0 Å². The molecule has 7 rings (SSSR count). The van der Waals surface area contributed by atoms with Gasteiger partial charge in [-0.2, -0.15) is 0 Å². The number of aliphatic hydroxyl groups is 2. The number of nitro benzene ring substituents is 1. The van der Waals surface area contributed by atoms with E-state index in [1.165, 1.54) is 31.4 Å². The Bertz CT molecular complexity index is 2340. The van der Waals surface area contributed by atoms with E-state index < -0.39 is 34.6 Å². The van der Waals surface area contributed by atoms with Gasteiger partial charge in [-0.3, -0.25) is 20.0 Å². The Morgan fingerprint density at radius 1 is 1.02 bits per heavy atom. The van der Waals surface area contributed by atoms with Crippen molar-refractivity contribution in [3.05, 3.63) is 153 Å². The van der Waals surface area contributed by atoms with Gasteiger partial charge in [-0.05, 0) is 116 Å². The fourth-order valence-electron chi connectivity index (χ4n) is 9.68. The van der Waals surface area contributed by atoms with E-state index in [9.17, 15) is 29.5 Å². The number of aryl methyl sites for hydroxylation is 1. The number of non-ortho nitro benzene ring substituents is 1. The zero-order valence-electron chi connectivity index (χ0n) is 36.9. The first-order chi connectivity index (χ1) is 31.6. The van der Waals surface area contributed by atoms with E-state index in [-0.39, 0.29) is 69.4 Å². The molecule has 2 N–H and O–H groups in total. The third kappa shape index (κ3) is 10.7. The van der Waals surface area contributed by atoms with Crippen molar-refractivity contribution in [1.82, 2.24) is 9.88 Å². The summed E-state index contributed by atoms with van der Waals surface area (Å²) in [5.74, 6) is -1.83. The number of methoxy groups -OCH3 is 1. The molecule has 1 aromatic heterocycles. The van der Waals surface area contributed by atoms with E-state index in [4.69, 9.17) is 28.9 Å². The van der Waals surface area contributed by atoms with Gasteiger partial charge in [0.2, 0.25) is 5.79 Å². The molecule has 65 heavy (non-hydrogen) atoms. The molecule has 6 unspecified atom stereocenters. The fraction of sp³-hybridized carbons (Fsp3) is 0.420. The van der Waals surface area contributed by atoms with E-state index in [0.717, 1.165) is 48.2 Å². The van der Waals surface area contributed by atoms with Gasteiger partial charge in [-0.1, -0.05) is 48.3 Å². The molecule has 4 aromatic rings. The summed E-state index contributed by atoms with van der Waals surface area (Å²) in [4.78, 5) is 37.4. The van der Waals surface area contributed by atoms with Crippen LogP contribution in [0.1, 0.15) is 78.9 Å². The summed E-state index contributed by atoms with van der Waals surface area (Å²) in [6.45, 7) is 6.31. The number of unbranched alkanes of at least 4 members (excludes halogenated alkanes) is 2. The molecule has 1 fully saturated rings. The van der Waals surface area contributed by atoms with Crippen molar-refractivity contribution in [3.63, 3.8) is 0 Å². The van der Waals surface area contributed by atoms with Crippen LogP contribution in [0.5, 0.6) is 11.5 Å². The SMILES string of the molecule is C=CCOC12Oc3ccc(OCc4cccc(C)n4)cc3C3C(CCCCO)C(CCCCO)C=C(C(=NOCc4ccc([N+](=O)[O-])cc4)CC1N(Cc1ccc(F)cc1)C(=O)OC)C32. The highest BCUT2D eigenvalue weighted by molar-refractivity contribution is 6.03. The summed E-state index contributed by atoms with van der Waals surface area (Å²) < 4.78 is 40.4. The van der Waals surface area contributed by atoms with Crippen molar-refractivity contribution < 1.29 is 48.1 Å². The Hall–Kier alpha value is -6.16. The van der Waals surface area contributed by atoms with Crippen molar-refractivity contribution in [1.29, 1.82) is 0 Å². The minimum Gasteiger partial charge on any atom is -0.487 e. The molecule has 0 saturated heterocycles. The van der Waals surface area contributed by atoms with Crippen molar-refractivity contribution in [3.8, 4) is 11.5 Å². The second kappa shape index (κ2) is 21.7. The number of halogens is 1. The number of amides is 1. The molecule has 3 aromatic carbocycles. The van der Waals surface area contributed by atoms with E-state index in [2.05, 4.69) is 17.6 Å². The number of ether oxygens (including phenoxy) is 4. The molecule has 15 heteroatoms. The van der Waals surface area contributed by atoms with Gasteiger partial charge in [-0.25, -0.2) is 9.18 Å². The predicted molar refractivity (Wildman–Crippen MR) is 240 cm³/mol. The molecule has 1 aliphatic heterocycles. The van der Waals surface area contributed by atoms with E-state index in [1.54, 1.807) is 35.2 Å². The van der Waals surface area contributed by atoms with Crippen LogP contribution < -0.4 is 9.47 Å². The molecule has 1 amide bonds. The number of allylic oxidation sites excluding steroid dienone is 1. The van der Waals surface area contributed by atoms with Crippen LogP contribution in [0.15, 0.2) is 114 Å². The molecular formula is C50H57FN4O10. The number of aliphatic hydroxyl groups excluding tert-OH is 2. The van der Waals surface area contributed by atoms with E-state index >= 15 is 0 Å². The number of carbonyl (C=O) groups excluding carboxylic acids is 1. The van der Waals surface area contributed by atoms with E-state index in [1.807, 2.05) is 43.3 Å². The third-order valence-corrected chi connectivity index (χ3v) is 12.6. The van der Waals surface area contributed by atoms with Gasteiger partial charge in [0, 0.05) is 55.5 Å². The van der Waals surface area contributed by atoms with Crippen molar-refractivity contribution in [2.75, 3.05) is 26.9 Å². The van der Waals surface area contributed by atoms with Crippen LogP contribution in [0, 0.1) is 40.6 Å². The maximum absolute atomic E-state index is 14.2. The molecule has 2 heterocycles. The first-order valence-corrected chi connectivity index (χ1v) is 22.2. The smallest absolute Gasteiger partial charge is 0.410 e. The highest BCUT2D eigenvalue weighted by atomic mass is 19.1. The molecule has 0 radical (unpaired) electrons. The predicted octanol–water partition coefficient (Wildman–Crippen LogP) is 9.12. The van der Waals surface area contributed by atoms with Crippen molar-refractivity contribution in [2.24, 2.45) is 22.9 Å². The quantitative estimate of drug-likeness (QED) is 0.0353. The standard InChI is InChI=1S/C50H57FN4O10/c1-4-26-63-50-46(54(49(58)61-3)30-34-14-18-37(51)19-15-34)29-44(53-64-31-35-16-20-39(21-17-35)55(59)60)42-27-36(11-5-7-24-56)41(13-6-8-25-57)47(48(42)50)43-28-40(22-23-45(43)65-50)62-32-38-12-9-10-33(2)52-38/h4,9-10,12,14-23,27-28,36,41,46-48,56-57H,1,5-8,11,13,24-26,29-32H2,2-3H3. The molecule has 344 valence electrons. The summed E-state index contributed by atoms with van der Waals surface area (Å²) in [6.07, 6.45) is 7.48. The number of hydrogen-bond acceptors (Lipinski definition) is 12. The summed E-state index contributed by atoms with van der Waals surface area (Å²) >= 11 is 0. The first kappa shape index (κ1) is 46.8. The number of aromatic nitrogens is 1. The molecule has 3 aliphatic rings. The highest BCUT2D eigenvalue weighted by Gasteiger charge is 2.65. The topological polar surface area (TPSA) is 175 Å². The van der Waals surface area contributed by atoms with Crippen LogP contribution in [0.4, 0.5) is 14.9 Å². The molecule has 0 spiro atoms. The average molecular weight is 893 g/mol. The van der Waals surface area contributed by atoms with Crippen LogP contribution in [0.2, 0.25) is 0 Å². The Morgan fingerprint density at radius 2 is 1.75 bits per heavy atom. The molecule has 6 atom stereocenters. The van der Waals surface area contributed by atoms with Crippen LogP contribution in [-0.4, -0.2) is 75.6 Å². The van der Waals surface area contributed by atoms with Gasteiger partial charge < -0.3 is 34.0 Å². The van der Waals surface area contributed by atoms with Gasteiger partial charge in [0.25, 0.3) is 5.69 Å². The lowest BCUT2D eigenvalue weighted by Crippen LogP contribution is -2.70. The number of pyridine rings is 1. The Morgan fingerprint density at radius 3 is 2.45 bits per heavy atom. The Kier molecular flexibility index (Phi) is 15.6. The molecular weight excluding hydrogens is 836 g/mol. The number of oxime groups is 1. The Balaban J connectivity index is 1.42. The van der Waals surface area contributed by atoms with Crippen LogP contribution in [-0.2, 0) is 34.1 Å². The largest absolute Gasteiger partial charge is 0.487 e. The summed E-state index contributed by atoms with van der Waals surface area (Å²) in [6, 6.07) is 22.6. The number of rotatable bonds is 21. The van der Waals surface area contributed by atoms with Crippen LogP contribution in [0.3, 0.4) is 0 Å². The second-order valence-corrected chi connectivity index (χ2v) is 16.8. The summed E-state index contributed by atoms with van der Waals surface area (Å²) in [7, 11) is 1.30. The monoisotopic (exact) mass is 892 g/mol. The minimum absolute atomic E-state index is 0.00147. The number of fused-ring (bicyclic) bond motifs is 2. The lowest BCUT2D eigenvalue weighted by Gasteiger charge is -2.59. The Labute approximate surface area is 378 Å². The zero-order chi connectivity index (χ0) is 45.9. The van der Waals surface area contributed by atoms with Gasteiger partial charge in [-0.15, -0.1) is 6.58 Å². The molecule has 14 nitrogen and oxygen atoms in total. The lowest BCUT2D eigenvalue weighted by atomic mass is 9.55. The number of benzene rings is 3. The third-order valence-electron chi connectivity index (χ3n) is 12.6. The molecule has 1 saturated carbocycles. The second-order valence-electron chi connectivity index (χ2n) is 16.8. The van der Waals surface area contributed by atoms with Crippen LogP contribution >= 0.6 is 0 Å². The lowest BCUT2D eigenvalue weighted by molar-refractivity contribution is -0.384. The van der Waals surface area contributed by atoms with Crippen molar-refractivity contribution in [2.45, 2.75) is 89.4 Å². The normalized spacial score (nSPS) is 22.4. The number of nitrogens with zero attached hydrogens (tertiary/aromatic N) is 4. The first-order valence-electron chi connectivity index (χ1n) is 22.2. The fourth-order valence-corrected chi connectivity index (χ4v) is 9.68. The summed E-state index contributed by atoms with van der Waals surface area (Å²) in [5.41, 5.74) is 5.14. The highest BCUT2D eigenvalue weighted by Crippen LogP contribution is 2.62. The number of hydrogen-bond donors (Lipinski definition) is 2. The number of nitro groups is 1.